The van der Waals surface area contributed by atoms with E-state index in [0.29, 0.717) is 36.5 Å². The van der Waals surface area contributed by atoms with Crippen molar-refractivity contribution in [2.45, 2.75) is 0 Å². The third-order valence-corrected chi connectivity index (χ3v) is 4.58. The predicted octanol–water partition coefficient (Wildman–Crippen LogP) is 4.69. The monoisotopic (exact) mass is 505 g/mol. The Morgan fingerprint density at radius 2 is 1.44 bits per heavy atom. The third kappa shape index (κ3) is 5.94. The lowest BCUT2D eigenvalue weighted by Gasteiger charge is -2.28. The maximum atomic E-state index is 12.6. The summed E-state index contributed by atoms with van der Waals surface area (Å²) in [6.07, 6.45) is 0. The number of hydrogen-bond acceptors (Lipinski definition) is 6. The van der Waals surface area contributed by atoms with Crippen LogP contribution in [-0.2, 0) is 4.74 Å². The van der Waals surface area contributed by atoms with Crippen molar-refractivity contribution in [3.63, 3.8) is 0 Å². The van der Waals surface area contributed by atoms with Crippen molar-refractivity contribution in [2.75, 3.05) is 31.2 Å². The zero-order valence-corrected chi connectivity index (χ0v) is 17.0. The van der Waals surface area contributed by atoms with Crippen LogP contribution in [0.4, 0.5) is 21.5 Å². The first-order valence-electron chi connectivity index (χ1n) is 7.65. The first-order chi connectivity index (χ1) is 12.8. The molecule has 11 heteroatoms. The predicted molar refractivity (Wildman–Crippen MR) is 105 cm³/mol. The van der Waals surface area contributed by atoms with Gasteiger partial charge in [-0.15, -0.1) is 0 Å². The summed E-state index contributed by atoms with van der Waals surface area (Å²) in [5.41, 5.74) is 0.284. The van der Waals surface area contributed by atoms with E-state index in [9.17, 15) is 24.6 Å². The summed E-state index contributed by atoms with van der Waals surface area (Å²) in [6, 6.07) is 8.69. The van der Waals surface area contributed by atoms with E-state index in [2.05, 4.69) is 31.9 Å². The van der Waals surface area contributed by atoms with Gasteiger partial charge >= 0.3 is 5.69 Å². The molecule has 2 aromatic carbocycles. The number of morpholine rings is 1. The summed E-state index contributed by atoms with van der Waals surface area (Å²) in [4.78, 5) is 21.9. The van der Waals surface area contributed by atoms with Crippen molar-refractivity contribution >= 4 is 48.9 Å². The van der Waals surface area contributed by atoms with Crippen molar-refractivity contribution in [3.8, 4) is 0 Å². The minimum Gasteiger partial charge on any atom is -0.378 e. The van der Waals surface area contributed by atoms with Gasteiger partial charge < -0.3 is 9.64 Å². The van der Waals surface area contributed by atoms with Crippen molar-refractivity contribution in [3.05, 3.63) is 71.4 Å². The lowest BCUT2D eigenvalue weighted by atomic mass is 10.2. The normalized spacial score (nSPS) is 13.5. The Morgan fingerprint density at radius 1 is 0.926 bits per heavy atom. The molecule has 2 aromatic rings. The van der Waals surface area contributed by atoms with Crippen LogP contribution in [0.25, 0.3) is 0 Å². The van der Waals surface area contributed by atoms with Crippen molar-refractivity contribution in [2.24, 2.45) is 0 Å². The second-order valence-electron chi connectivity index (χ2n) is 5.34. The fourth-order valence-corrected chi connectivity index (χ4v) is 3.04. The molecule has 0 radical (unpaired) electrons. The highest BCUT2D eigenvalue weighted by molar-refractivity contribution is 9.10. The van der Waals surface area contributed by atoms with Gasteiger partial charge in [-0.05, 0) is 24.3 Å². The van der Waals surface area contributed by atoms with Gasteiger partial charge in [-0.2, -0.15) is 4.39 Å². The molecule has 0 bridgehead atoms. The molecule has 1 aliphatic heterocycles. The Hall–Kier alpha value is -2.11. The highest BCUT2D eigenvalue weighted by Crippen LogP contribution is 2.31. The lowest BCUT2D eigenvalue weighted by molar-refractivity contribution is -0.387. The molecule has 0 N–H and O–H groups in total. The largest absolute Gasteiger partial charge is 0.378 e. The maximum Gasteiger partial charge on any atom is 0.305 e. The smallest absolute Gasteiger partial charge is 0.305 e. The van der Waals surface area contributed by atoms with Gasteiger partial charge in [0.15, 0.2) is 0 Å². The fourth-order valence-electron chi connectivity index (χ4n) is 2.34. The molecule has 1 saturated heterocycles. The molecule has 0 aromatic heterocycles. The second kappa shape index (κ2) is 9.72. The molecule has 8 nitrogen and oxygen atoms in total. The average Bonchev–Trinajstić information content (AvgIpc) is 2.64. The zero-order valence-electron chi connectivity index (χ0n) is 13.8. The van der Waals surface area contributed by atoms with Gasteiger partial charge in [0.25, 0.3) is 5.69 Å². The number of halogens is 3. The molecule has 0 aliphatic carbocycles. The minimum atomic E-state index is -0.821. The summed E-state index contributed by atoms with van der Waals surface area (Å²) in [6.45, 7) is 2.63. The molecule has 3 rings (SSSR count). The first-order valence-corrected chi connectivity index (χ1v) is 9.24. The Kier molecular flexibility index (Phi) is 7.63. The number of anilines is 1. The van der Waals surface area contributed by atoms with Gasteiger partial charge in [0, 0.05) is 34.2 Å². The molecule has 0 saturated carbocycles. The van der Waals surface area contributed by atoms with Gasteiger partial charge in [0.2, 0.25) is 5.82 Å². The molecule has 0 spiro atoms. The van der Waals surface area contributed by atoms with Crippen LogP contribution >= 0.6 is 31.9 Å². The highest BCUT2D eigenvalue weighted by Gasteiger charge is 2.21. The first kappa shape index (κ1) is 21.2. The summed E-state index contributed by atoms with van der Waals surface area (Å²) in [7, 11) is 0. The standard InChI is InChI=1S/C10H11BrN2O3.C6H3BrFNO2/c11-8-1-2-9(10(7-8)13(14)15)12-3-5-16-6-4-12;7-4-1-2-5(8)6(3-4)9(10)11/h1-2,7H,3-6H2;1-3H. The van der Waals surface area contributed by atoms with E-state index in [1.54, 1.807) is 6.07 Å². The van der Waals surface area contributed by atoms with Crippen LogP contribution in [0, 0.1) is 26.0 Å². The van der Waals surface area contributed by atoms with E-state index in [4.69, 9.17) is 4.74 Å². The number of nitrogens with zero attached hydrogens (tertiary/aromatic N) is 3. The third-order valence-electron chi connectivity index (χ3n) is 3.59. The molecule has 27 heavy (non-hydrogen) atoms. The summed E-state index contributed by atoms with van der Waals surface area (Å²) in [5.74, 6) is -0.821. The van der Waals surface area contributed by atoms with E-state index in [1.807, 2.05) is 11.0 Å². The quantitative estimate of drug-likeness (QED) is 0.442. The zero-order chi connectivity index (χ0) is 20.0. The molecule has 1 aliphatic rings. The summed E-state index contributed by atoms with van der Waals surface area (Å²) < 4.78 is 19.0. The van der Waals surface area contributed by atoms with Crippen LogP contribution in [0.5, 0.6) is 0 Å². The van der Waals surface area contributed by atoms with Crippen molar-refractivity contribution in [1.82, 2.24) is 0 Å². The molecule has 144 valence electrons. The van der Waals surface area contributed by atoms with Gasteiger partial charge in [0.1, 0.15) is 5.69 Å². The Labute approximate surface area is 170 Å². The van der Waals surface area contributed by atoms with E-state index >= 15 is 0 Å². The molecule has 0 unspecified atom stereocenters. The fraction of sp³-hybridized carbons (Fsp3) is 0.250. The topological polar surface area (TPSA) is 98.8 Å². The van der Waals surface area contributed by atoms with Crippen LogP contribution in [0.2, 0.25) is 0 Å². The Balaban J connectivity index is 0.000000208. The van der Waals surface area contributed by atoms with Crippen LogP contribution in [-0.4, -0.2) is 36.1 Å². The van der Waals surface area contributed by atoms with Crippen LogP contribution in [0.1, 0.15) is 0 Å². The van der Waals surface area contributed by atoms with Crippen LogP contribution in [0.15, 0.2) is 45.3 Å². The van der Waals surface area contributed by atoms with Crippen molar-refractivity contribution < 1.29 is 19.0 Å². The molecule has 0 atom stereocenters. The minimum absolute atomic E-state index is 0.135. The number of benzene rings is 2. The average molecular weight is 507 g/mol. The van der Waals surface area contributed by atoms with Crippen LogP contribution < -0.4 is 4.90 Å². The summed E-state index contributed by atoms with van der Waals surface area (Å²) >= 11 is 6.23. The molecule has 1 heterocycles. The van der Waals surface area contributed by atoms with E-state index in [1.165, 1.54) is 12.1 Å². The number of hydrogen-bond donors (Lipinski definition) is 0. The molecular weight excluding hydrogens is 493 g/mol. The molecular formula is C16H14Br2FN3O5. The van der Waals surface area contributed by atoms with E-state index < -0.39 is 16.4 Å². The van der Waals surface area contributed by atoms with Gasteiger partial charge in [0.05, 0.1) is 23.1 Å². The SMILES string of the molecule is O=[N+]([O-])c1cc(Br)ccc1F.O=[N+]([O-])c1cc(Br)ccc1N1CCOCC1. The second-order valence-corrected chi connectivity index (χ2v) is 7.17. The Morgan fingerprint density at radius 3 is 1.96 bits per heavy atom. The highest BCUT2D eigenvalue weighted by atomic mass is 79.9. The summed E-state index contributed by atoms with van der Waals surface area (Å²) in [5, 5.41) is 21.1. The van der Waals surface area contributed by atoms with Gasteiger partial charge in [-0.1, -0.05) is 31.9 Å². The number of rotatable bonds is 3. The lowest BCUT2D eigenvalue weighted by Crippen LogP contribution is -2.36. The molecule has 1 fully saturated rings. The molecule has 0 amide bonds. The maximum absolute atomic E-state index is 12.6. The van der Waals surface area contributed by atoms with E-state index in [-0.39, 0.29) is 10.6 Å². The van der Waals surface area contributed by atoms with Gasteiger partial charge in [-0.3, -0.25) is 20.2 Å². The van der Waals surface area contributed by atoms with Crippen LogP contribution in [0.3, 0.4) is 0 Å². The number of nitro benzene ring substituents is 2. The Bertz CT molecular complexity index is 847. The van der Waals surface area contributed by atoms with Crippen molar-refractivity contribution in [1.29, 1.82) is 0 Å². The van der Waals surface area contributed by atoms with Gasteiger partial charge in [-0.25, -0.2) is 0 Å². The number of ether oxygens (including phenoxy) is 1. The van der Waals surface area contributed by atoms with E-state index in [0.717, 1.165) is 16.6 Å². The number of nitro groups is 2.